The van der Waals surface area contributed by atoms with Crippen LogP contribution in [0.3, 0.4) is 0 Å². The summed E-state index contributed by atoms with van der Waals surface area (Å²) in [5.41, 5.74) is 20.4. The summed E-state index contributed by atoms with van der Waals surface area (Å²) < 4.78 is 49.9. The lowest BCUT2D eigenvalue weighted by Gasteiger charge is -2.41. The van der Waals surface area contributed by atoms with Gasteiger partial charge in [0.25, 0.3) is 16.7 Å². The van der Waals surface area contributed by atoms with E-state index in [0.717, 1.165) is 0 Å². The quantitative estimate of drug-likeness (QED) is 0.0371. The molecule has 3 aliphatic rings. The number of halogens is 15. The Hall–Kier alpha value is -11.6. The fraction of sp³-hybridized carbons (Fsp3) is 0.281. The summed E-state index contributed by atoms with van der Waals surface area (Å²) in [5.74, 6) is -4.08. The molecular formula is C96H84Cl12F3N21O6. The predicted molar refractivity (Wildman–Crippen MR) is 546 cm³/mol. The van der Waals surface area contributed by atoms with Crippen LogP contribution in [0, 0.1) is 72.2 Å². The van der Waals surface area contributed by atoms with E-state index in [9.17, 15) is 44.6 Å². The number of aryl methyl sites for hydroxylation is 3. The molecule has 0 unspecified atom stereocenters. The van der Waals surface area contributed by atoms with Gasteiger partial charge in [0, 0.05) is 123 Å². The van der Waals surface area contributed by atoms with E-state index in [-0.39, 0.29) is 179 Å². The summed E-state index contributed by atoms with van der Waals surface area (Å²) in [6.07, 6.45) is 8.66. The number of piperazine rings is 3. The molecule has 42 heteroatoms. The van der Waals surface area contributed by atoms with Gasteiger partial charge < -0.3 is 46.6 Å². The Labute approximate surface area is 850 Å². The fourth-order valence-electron chi connectivity index (χ4n) is 17.5. The largest absolute Gasteiger partial charge is 0.396 e. The molecule has 15 rings (SSSR count). The van der Waals surface area contributed by atoms with E-state index in [1.165, 1.54) is 50.1 Å². The molecule has 0 spiro atoms. The van der Waals surface area contributed by atoms with Crippen molar-refractivity contribution in [3.05, 3.63) is 252 Å². The number of pyridine rings is 9. The van der Waals surface area contributed by atoms with Crippen molar-refractivity contribution in [2.75, 3.05) is 90.8 Å². The molecule has 12 heterocycles. The SMILES string of the molecule is C=CC(=O)N1CCN(c2c(C#N)c(=O)n(-c3c(C)ccnc3C(C)C)c3nc(-c4c(Cl)c(N)c(Cl)c(F)c4Cl)c(Cl)cc23)C[C@H]1C.C=CC(=O)N1CCN(c2c(C#N)c(=O)n(-c3c(C)ccnc3C(C)C)c3nc(-c4c(Cl)c(N)c(Cl)c(F)c4Cl)c(Cl)cc23)C[C@H]1C.C=CC(=O)N1CCN(c2c(C#N)c(=O)n(-c3c(C)ccnc3C(C)C)c3nc(-c4c(F)c(Cl)c(Cl)c(N)c4Cl)c(Cl)cc23)C[C@H]1C. The highest BCUT2D eigenvalue weighted by molar-refractivity contribution is 6.49. The van der Waals surface area contributed by atoms with Crippen molar-refractivity contribution < 1.29 is 27.6 Å². The molecule has 0 radical (unpaired) electrons. The second kappa shape index (κ2) is 41.4. The molecule has 9 aromatic heterocycles. The maximum absolute atomic E-state index is 15.7. The maximum Gasteiger partial charge on any atom is 0.276 e. The number of nitrogens with zero attached hydrogens (tertiary/aromatic N) is 18. The first kappa shape index (κ1) is 104. The van der Waals surface area contributed by atoms with Crippen molar-refractivity contribution >= 4 is 224 Å². The number of aromatic nitrogens is 9. The molecule has 3 amide bonds. The number of nitriles is 3. The van der Waals surface area contributed by atoms with Crippen LogP contribution in [0.25, 0.3) is 83.9 Å². The van der Waals surface area contributed by atoms with Gasteiger partial charge >= 0.3 is 0 Å². The third kappa shape index (κ3) is 18.3. The number of rotatable bonds is 15. The van der Waals surface area contributed by atoms with Gasteiger partial charge in [-0.1, -0.05) is 200 Å². The van der Waals surface area contributed by atoms with E-state index in [1.54, 1.807) is 51.5 Å². The number of hydrogen-bond donors (Lipinski definition) is 3. The molecule has 138 heavy (non-hydrogen) atoms. The molecule has 714 valence electrons. The Morgan fingerprint density at radius 3 is 0.913 bits per heavy atom. The van der Waals surface area contributed by atoms with Crippen molar-refractivity contribution in [3.8, 4) is 69.0 Å². The number of nitrogens with two attached hydrogens (primary N) is 3. The zero-order valence-electron chi connectivity index (χ0n) is 75.8. The van der Waals surface area contributed by atoms with Crippen LogP contribution >= 0.6 is 139 Å². The van der Waals surface area contributed by atoms with E-state index >= 15 is 13.2 Å². The normalized spacial score (nSPS) is 15.0. The number of hydrogen-bond acceptors (Lipinski definition) is 21. The predicted octanol–water partition coefficient (Wildman–Crippen LogP) is 21.9. The Bertz CT molecular complexity index is 6780. The molecule has 3 aromatic carbocycles. The second-order valence-electron chi connectivity index (χ2n) is 33.8. The lowest BCUT2D eigenvalue weighted by atomic mass is 10.0. The van der Waals surface area contributed by atoms with Crippen molar-refractivity contribution in [1.82, 2.24) is 58.3 Å². The van der Waals surface area contributed by atoms with Crippen LogP contribution < -0.4 is 48.6 Å². The number of nitrogen functional groups attached to an aromatic ring is 3. The third-order valence-electron chi connectivity index (χ3n) is 24.1. The van der Waals surface area contributed by atoms with Gasteiger partial charge in [0.05, 0.1) is 141 Å². The molecule has 3 saturated heterocycles. The lowest BCUT2D eigenvalue weighted by Crippen LogP contribution is -2.54. The molecule has 3 fully saturated rings. The third-order valence-corrected chi connectivity index (χ3v) is 28.5. The summed E-state index contributed by atoms with van der Waals surface area (Å²) in [7, 11) is 0. The monoisotopic (exact) mass is 2100 g/mol. The van der Waals surface area contributed by atoms with Crippen LogP contribution in [0.15, 0.2) is 107 Å². The standard InChI is InChI=1S/3C32H28Cl4FN7O2/c1-6-20(45)43-10-9-42(13-16(43)5)30-17-11-19(33)28(21-22(34)26(39)24(36)23(35)25(21)37)41-31(17)44(32(46)18(30)12-38)29-15(4)7-8-40-27(29)14(2)3;2*1-6-20(45)43-10-9-42(13-16(43)5)30-17-11-19(33)28(21-22(34)25(37)24(36)26(39)23(21)35)41-31(17)44(32(46)18(30)12-38)29-15(4)7-8-40-27(29)14(2)3/h3*6-8,11,14,16H,1,9-10,13,39H2,2-5H3/t3*16-/m111/s1. The van der Waals surface area contributed by atoms with Crippen molar-refractivity contribution in [2.45, 2.75) is 119 Å². The average Bonchev–Trinajstić information content (AvgIpc) is 0.726. The van der Waals surface area contributed by atoms with E-state index in [0.29, 0.717) is 137 Å². The second-order valence-corrected chi connectivity index (χ2v) is 38.4. The van der Waals surface area contributed by atoms with E-state index in [4.69, 9.17) is 171 Å². The smallest absolute Gasteiger partial charge is 0.276 e. The summed E-state index contributed by atoms with van der Waals surface area (Å²) in [6.45, 7) is 36.1. The first-order chi connectivity index (χ1) is 65.2. The maximum atomic E-state index is 15.7. The van der Waals surface area contributed by atoms with Crippen LogP contribution in [0.1, 0.15) is 131 Å². The van der Waals surface area contributed by atoms with Crippen LogP contribution in [0.4, 0.5) is 47.3 Å². The van der Waals surface area contributed by atoms with E-state index in [2.05, 4.69) is 52.9 Å². The van der Waals surface area contributed by atoms with Gasteiger partial charge in [0.1, 0.15) is 61.9 Å². The molecule has 0 saturated carbocycles. The summed E-state index contributed by atoms with van der Waals surface area (Å²) in [5, 5.41) is 29.2. The fourth-order valence-corrected chi connectivity index (χ4v) is 20.7. The number of anilines is 6. The van der Waals surface area contributed by atoms with Crippen LogP contribution in [0.5, 0.6) is 0 Å². The van der Waals surface area contributed by atoms with Gasteiger partial charge in [-0.15, -0.1) is 0 Å². The van der Waals surface area contributed by atoms with Gasteiger partial charge in [-0.2, -0.15) is 15.8 Å². The Kier molecular flexibility index (Phi) is 31.1. The van der Waals surface area contributed by atoms with Gasteiger partial charge in [0.2, 0.25) is 17.7 Å². The van der Waals surface area contributed by atoms with Gasteiger partial charge in [0.15, 0.2) is 17.5 Å². The first-order valence-corrected chi connectivity index (χ1v) is 47.1. The van der Waals surface area contributed by atoms with Gasteiger partial charge in [-0.05, 0) is 131 Å². The first-order valence-electron chi connectivity index (χ1n) is 42.6. The average molecular weight is 2110 g/mol. The van der Waals surface area contributed by atoms with Crippen molar-refractivity contribution in [2.24, 2.45) is 0 Å². The minimum Gasteiger partial charge on any atom is -0.396 e. The highest BCUT2D eigenvalue weighted by atomic mass is 35.5. The minimum absolute atomic E-state index is 0.00623. The van der Waals surface area contributed by atoms with Gasteiger partial charge in [-0.3, -0.25) is 57.4 Å². The summed E-state index contributed by atoms with van der Waals surface area (Å²) >= 11 is 77.3. The molecule has 3 aliphatic heterocycles. The van der Waals surface area contributed by atoms with Crippen LogP contribution in [-0.2, 0) is 14.4 Å². The molecule has 0 bridgehead atoms. The molecular weight excluding hydrogens is 2030 g/mol. The molecule has 12 aromatic rings. The number of benzene rings is 3. The van der Waals surface area contributed by atoms with E-state index in [1.807, 2.05) is 97.8 Å². The number of fused-ring (bicyclic) bond motifs is 3. The van der Waals surface area contributed by atoms with Crippen molar-refractivity contribution in [3.63, 3.8) is 0 Å². The number of carbonyl (C=O) groups is 3. The van der Waals surface area contributed by atoms with Gasteiger partial charge in [-0.25, -0.2) is 28.1 Å². The Morgan fingerprint density at radius 2 is 0.659 bits per heavy atom. The minimum atomic E-state index is -1.01. The topological polar surface area (TPSA) is 363 Å². The Balaban J connectivity index is 0.000000175. The van der Waals surface area contributed by atoms with Crippen LogP contribution in [-0.4, -0.2) is 153 Å². The molecule has 0 aliphatic carbocycles. The summed E-state index contributed by atoms with van der Waals surface area (Å²) in [6, 6.07) is 15.3. The molecule has 27 nitrogen and oxygen atoms in total. The number of amides is 3. The van der Waals surface area contributed by atoms with Crippen LogP contribution in [0.2, 0.25) is 60.3 Å². The zero-order chi connectivity index (χ0) is 101. The lowest BCUT2D eigenvalue weighted by molar-refractivity contribution is -0.129. The highest BCUT2D eigenvalue weighted by Crippen LogP contribution is 2.52. The number of carbonyl (C=O) groups excluding carboxylic acids is 3. The Morgan fingerprint density at radius 1 is 0.399 bits per heavy atom. The molecule has 3 atom stereocenters. The molecule has 6 N–H and O–H groups in total. The highest BCUT2D eigenvalue weighted by Gasteiger charge is 2.40. The van der Waals surface area contributed by atoms with E-state index < -0.39 is 59.2 Å². The zero-order valence-corrected chi connectivity index (χ0v) is 84.8. The summed E-state index contributed by atoms with van der Waals surface area (Å²) in [4.78, 5) is 120. The van der Waals surface area contributed by atoms with Crippen molar-refractivity contribution in [1.29, 1.82) is 15.8 Å².